The second kappa shape index (κ2) is 14.4. The molecule has 0 saturated carbocycles. The van der Waals surface area contributed by atoms with Gasteiger partial charge in [0.1, 0.15) is 24.3 Å². The number of hydrogen-bond donors (Lipinski definition) is 3. The first kappa shape index (κ1) is 33.7. The van der Waals surface area contributed by atoms with Crippen molar-refractivity contribution in [1.82, 2.24) is 15.2 Å². The van der Waals surface area contributed by atoms with Crippen LogP contribution in [-0.4, -0.2) is 33.8 Å². The van der Waals surface area contributed by atoms with Gasteiger partial charge in [-0.25, -0.2) is 9.80 Å². The number of aromatic hydroxyl groups is 1. The predicted molar refractivity (Wildman–Crippen MR) is 190 cm³/mol. The van der Waals surface area contributed by atoms with Crippen LogP contribution < -0.4 is 25.9 Å². The molecule has 246 valence electrons. The minimum atomic E-state index is -0.380. The number of rotatable bonds is 10. The van der Waals surface area contributed by atoms with Crippen molar-refractivity contribution in [3.8, 4) is 11.5 Å². The fourth-order valence-electron chi connectivity index (χ4n) is 5.52. The Morgan fingerprint density at radius 1 is 1.00 bits per heavy atom. The molecule has 2 amide bonds. The number of thioether (sulfide) groups is 1. The zero-order valence-electron chi connectivity index (χ0n) is 27.8. The van der Waals surface area contributed by atoms with Crippen molar-refractivity contribution in [1.29, 1.82) is 0 Å². The number of nitrogens with one attached hydrogen (secondary N) is 2. The molecule has 0 aliphatic carbocycles. The number of hydrogen-bond acceptors (Lipinski definition) is 7. The molecule has 3 N–H and O–H groups in total. The summed E-state index contributed by atoms with van der Waals surface area (Å²) >= 11 is 1.67. The maximum absolute atomic E-state index is 13.4. The van der Waals surface area contributed by atoms with Crippen LogP contribution in [0.4, 0.5) is 10.5 Å². The van der Waals surface area contributed by atoms with Gasteiger partial charge >= 0.3 is 6.03 Å². The van der Waals surface area contributed by atoms with Crippen LogP contribution in [0.15, 0.2) is 93.7 Å². The highest BCUT2D eigenvalue weighted by Crippen LogP contribution is 2.31. The van der Waals surface area contributed by atoms with E-state index in [9.17, 15) is 14.7 Å². The second-order valence-corrected chi connectivity index (χ2v) is 13.6. The summed E-state index contributed by atoms with van der Waals surface area (Å²) < 4.78 is 8.01. The third kappa shape index (κ3) is 8.00. The smallest absolute Gasteiger partial charge is 0.316 e. The maximum Gasteiger partial charge on any atom is 0.316 e. The number of aryl methyl sites for hydroxylation is 1. The monoisotopic (exact) mass is 653 g/mol. The van der Waals surface area contributed by atoms with Crippen LogP contribution in [0, 0.1) is 19.3 Å². The zero-order chi connectivity index (χ0) is 33.7. The van der Waals surface area contributed by atoms with Crippen LogP contribution in [0.2, 0.25) is 0 Å². The molecule has 5 rings (SSSR count). The van der Waals surface area contributed by atoms with Crippen LogP contribution in [0.3, 0.4) is 0 Å². The summed E-state index contributed by atoms with van der Waals surface area (Å²) in [6.07, 6.45) is 2.23. The number of phenols is 1. The lowest BCUT2D eigenvalue weighted by Crippen LogP contribution is -2.48. The van der Waals surface area contributed by atoms with Crippen molar-refractivity contribution >= 4 is 29.2 Å². The van der Waals surface area contributed by atoms with Crippen LogP contribution >= 0.6 is 11.8 Å². The molecule has 0 bridgehead atoms. The third-order valence-corrected chi connectivity index (χ3v) is 9.19. The van der Waals surface area contributed by atoms with Gasteiger partial charge in [-0.05, 0) is 73.2 Å². The van der Waals surface area contributed by atoms with Gasteiger partial charge in [-0.2, -0.15) is 5.10 Å². The molecule has 1 aliphatic heterocycles. The summed E-state index contributed by atoms with van der Waals surface area (Å²) in [6.45, 7) is 11.1. The summed E-state index contributed by atoms with van der Waals surface area (Å²) in [7, 11) is 0. The number of ether oxygens (including phenoxy) is 1. The normalized spacial score (nSPS) is 14.6. The number of hydrazone groups is 1. The van der Waals surface area contributed by atoms with Gasteiger partial charge < -0.3 is 25.0 Å². The number of urea groups is 1. The number of carbonyl (C=O) groups is 1. The quantitative estimate of drug-likeness (QED) is 0.160. The molecular formula is C37H43N5O4S. The molecule has 4 aromatic rings. The Morgan fingerprint density at radius 3 is 2.34 bits per heavy atom. The van der Waals surface area contributed by atoms with Crippen molar-refractivity contribution < 1.29 is 14.6 Å². The average Bonchev–Trinajstić information content (AvgIpc) is 3.48. The minimum absolute atomic E-state index is 0.0746. The van der Waals surface area contributed by atoms with Gasteiger partial charge in [0.15, 0.2) is 0 Å². The Balaban J connectivity index is 1.24. The van der Waals surface area contributed by atoms with E-state index in [4.69, 9.17) is 9.84 Å². The molecule has 0 saturated heterocycles. The summed E-state index contributed by atoms with van der Waals surface area (Å²) in [5.41, 5.74) is 5.81. The van der Waals surface area contributed by atoms with E-state index >= 15 is 0 Å². The molecule has 2 heterocycles. The number of phenolic OH excluding ortho intramolecular Hbond substituents is 1. The number of nitrogens with zero attached hydrogens (tertiary/aromatic N) is 3. The minimum Gasteiger partial charge on any atom is -0.508 e. The van der Waals surface area contributed by atoms with Gasteiger partial charge in [-0.1, -0.05) is 63.2 Å². The lowest BCUT2D eigenvalue weighted by Gasteiger charge is -2.25. The summed E-state index contributed by atoms with van der Waals surface area (Å²) in [4.78, 5) is 27.7. The first-order valence-corrected chi connectivity index (χ1v) is 16.9. The molecule has 9 nitrogen and oxygen atoms in total. The van der Waals surface area contributed by atoms with Crippen LogP contribution in [0.1, 0.15) is 55.1 Å². The molecule has 1 aliphatic rings. The Morgan fingerprint density at radius 2 is 1.66 bits per heavy atom. The van der Waals surface area contributed by atoms with Crippen molar-refractivity contribution in [3.63, 3.8) is 0 Å². The highest BCUT2D eigenvalue weighted by Gasteiger charge is 2.34. The van der Waals surface area contributed by atoms with E-state index in [-0.39, 0.29) is 35.5 Å². The van der Waals surface area contributed by atoms with E-state index in [0.717, 1.165) is 38.7 Å². The Labute approximate surface area is 280 Å². The summed E-state index contributed by atoms with van der Waals surface area (Å²) in [6, 6.07) is 24.3. The number of carbonyl (C=O) groups excluding carboxylic acids is 1. The lowest BCUT2D eigenvalue weighted by atomic mass is 9.88. The van der Waals surface area contributed by atoms with E-state index in [1.54, 1.807) is 52.5 Å². The first-order valence-electron chi connectivity index (χ1n) is 15.7. The molecule has 1 aromatic heterocycles. The van der Waals surface area contributed by atoms with E-state index in [2.05, 4.69) is 43.5 Å². The number of anilines is 1. The number of pyridine rings is 1. The van der Waals surface area contributed by atoms with Gasteiger partial charge in [0.25, 0.3) is 5.56 Å². The molecule has 47 heavy (non-hydrogen) atoms. The van der Waals surface area contributed by atoms with Crippen molar-refractivity contribution in [2.45, 2.75) is 71.8 Å². The zero-order valence-corrected chi connectivity index (χ0v) is 28.6. The Kier molecular flexibility index (Phi) is 10.3. The highest BCUT2D eigenvalue weighted by atomic mass is 32.2. The van der Waals surface area contributed by atoms with Crippen LogP contribution in [-0.2, 0) is 19.7 Å². The molecule has 0 fully saturated rings. The summed E-state index contributed by atoms with van der Waals surface area (Å²) in [5.74, 6) is 0.716. The SMILES string of the molecule is CSc1ccccc1Cn1c(C)cc(OCc2ccccc2CNC(=O)NC2CC(C(C)(C)C)=NN2c2ccc(O)cc2)c(C)c1=O. The average molecular weight is 654 g/mol. The largest absolute Gasteiger partial charge is 0.508 e. The molecule has 0 spiro atoms. The van der Waals surface area contributed by atoms with Crippen molar-refractivity contribution in [2.24, 2.45) is 10.5 Å². The number of amides is 2. The fraction of sp³-hybridized carbons (Fsp3) is 0.324. The van der Waals surface area contributed by atoms with Gasteiger partial charge in [0, 0.05) is 34.7 Å². The predicted octanol–water partition coefficient (Wildman–Crippen LogP) is 6.96. The van der Waals surface area contributed by atoms with Crippen molar-refractivity contribution in [2.75, 3.05) is 11.3 Å². The molecular weight excluding hydrogens is 611 g/mol. The molecule has 0 radical (unpaired) electrons. The van der Waals surface area contributed by atoms with Crippen LogP contribution in [0.25, 0.3) is 0 Å². The van der Waals surface area contributed by atoms with Gasteiger partial charge in [-0.15, -0.1) is 11.8 Å². The lowest BCUT2D eigenvalue weighted by molar-refractivity contribution is 0.236. The summed E-state index contributed by atoms with van der Waals surface area (Å²) in [5, 5.41) is 22.4. The third-order valence-electron chi connectivity index (χ3n) is 8.35. The Hall–Kier alpha value is -4.70. The van der Waals surface area contributed by atoms with Gasteiger partial charge in [-0.3, -0.25) is 4.79 Å². The standard InChI is InChI=1S/C37H43N5O4S/c1-24-19-31(25(2)35(44)41(24)22-27-12-9-10-14-32(27)47-6)46-23-28-13-8-7-11-26(28)21-38-36(45)39-34-20-33(37(3,4)5)40-42(34)29-15-17-30(43)18-16-29/h7-19,34,43H,20-23H2,1-6H3,(H2,38,39,45). The topological polar surface area (TPSA) is 108 Å². The van der Waals surface area contributed by atoms with Gasteiger partial charge in [0.2, 0.25) is 0 Å². The highest BCUT2D eigenvalue weighted by molar-refractivity contribution is 7.98. The fourth-order valence-corrected chi connectivity index (χ4v) is 6.13. The molecule has 10 heteroatoms. The Bertz CT molecular complexity index is 1830. The van der Waals surface area contributed by atoms with E-state index in [1.807, 2.05) is 55.6 Å². The van der Waals surface area contributed by atoms with Gasteiger partial charge in [0.05, 0.1) is 17.8 Å². The van der Waals surface area contributed by atoms with Crippen molar-refractivity contribution in [3.05, 3.63) is 117 Å². The maximum atomic E-state index is 13.4. The van der Waals surface area contributed by atoms with E-state index in [0.29, 0.717) is 30.8 Å². The van der Waals surface area contributed by atoms with E-state index in [1.165, 1.54) is 0 Å². The second-order valence-electron chi connectivity index (χ2n) is 12.7. The van der Waals surface area contributed by atoms with Crippen LogP contribution in [0.5, 0.6) is 11.5 Å². The molecule has 1 unspecified atom stereocenters. The number of aromatic nitrogens is 1. The first-order chi connectivity index (χ1) is 22.4. The molecule has 1 atom stereocenters. The number of benzene rings is 3. The van der Waals surface area contributed by atoms with E-state index < -0.39 is 0 Å². The molecule has 3 aromatic carbocycles.